The lowest BCUT2D eigenvalue weighted by Crippen LogP contribution is -2.52. The third kappa shape index (κ3) is 3.93. The third-order valence-corrected chi connectivity index (χ3v) is 5.59. The first kappa shape index (κ1) is 13.3. The van der Waals surface area contributed by atoms with Gasteiger partial charge in [-0.1, -0.05) is 12.8 Å². The van der Waals surface area contributed by atoms with E-state index in [9.17, 15) is 8.42 Å². The highest BCUT2D eigenvalue weighted by Crippen LogP contribution is 2.26. The van der Waals surface area contributed by atoms with Gasteiger partial charge in [0.15, 0.2) is 0 Å². The molecule has 1 aliphatic carbocycles. The first-order valence-corrected chi connectivity index (χ1v) is 8.45. The zero-order valence-corrected chi connectivity index (χ0v) is 11.4. The number of sulfonamides is 1. The number of hydrogen-bond acceptors (Lipinski definition) is 3. The summed E-state index contributed by atoms with van der Waals surface area (Å²) < 4.78 is 27.0. The molecule has 1 saturated carbocycles. The maximum Gasteiger partial charge on any atom is 0.212 e. The van der Waals surface area contributed by atoms with Crippen LogP contribution in [0.25, 0.3) is 0 Å². The average molecular weight is 260 g/mol. The minimum Gasteiger partial charge on any atom is -0.313 e. The second-order valence-corrected chi connectivity index (χ2v) is 7.34. The molecule has 1 aliphatic heterocycles. The first-order chi connectivity index (χ1) is 8.07. The molecule has 0 radical (unpaired) electrons. The van der Waals surface area contributed by atoms with Gasteiger partial charge in [0.05, 0.1) is 5.75 Å². The Morgan fingerprint density at radius 3 is 2.53 bits per heavy atom. The molecule has 0 spiro atoms. The standard InChI is InChI=1S/C12H24N2O2S/c1-10-12(7-4-8-13-10)14-17(15,16)9-11-5-2-3-6-11/h10-14H,2-9H2,1H3. The topological polar surface area (TPSA) is 58.2 Å². The van der Waals surface area contributed by atoms with Gasteiger partial charge in [0.25, 0.3) is 0 Å². The van der Waals surface area contributed by atoms with E-state index in [1.54, 1.807) is 0 Å². The number of rotatable bonds is 4. The van der Waals surface area contributed by atoms with Crippen LogP contribution in [0.4, 0.5) is 0 Å². The van der Waals surface area contributed by atoms with Crippen LogP contribution in [0.15, 0.2) is 0 Å². The Labute approximate surface area is 105 Å². The molecule has 1 saturated heterocycles. The van der Waals surface area contributed by atoms with Crippen LogP contribution in [0.5, 0.6) is 0 Å². The predicted octanol–water partition coefficient (Wildman–Crippen LogP) is 1.24. The van der Waals surface area contributed by atoms with Crippen molar-refractivity contribution in [3.8, 4) is 0 Å². The van der Waals surface area contributed by atoms with Crippen LogP contribution >= 0.6 is 0 Å². The van der Waals surface area contributed by atoms with Gasteiger partial charge in [-0.2, -0.15) is 0 Å². The number of nitrogens with one attached hydrogen (secondary N) is 2. The van der Waals surface area contributed by atoms with Crippen molar-refractivity contribution in [2.24, 2.45) is 5.92 Å². The minimum absolute atomic E-state index is 0.0788. The van der Waals surface area contributed by atoms with Crippen LogP contribution in [0, 0.1) is 5.92 Å². The van der Waals surface area contributed by atoms with Gasteiger partial charge in [0, 0.05) is 12.1 Å². The molecule has 2 rings (SSSR count). The molecule has 0 aromatic rings. The SMILES string of the molecule is CC1NCCCC1NS(=O)(=O)CC1CCCC1. The van der Waals surface area contributed by atoms with E-state index < -0.39 is 10.0 Å². The summed E-state index contributed by atoms with van der Waals surface area (Å²) in [4.78, 5) is 0. The van der Waals surface area contributed by atoms with E-state index in [0.29, 0.717) is 11.7 Å². The van der Waals surface area contributed by atoms with Crippen molar-refractivity contribution in [2.45, 2.75) is 57.5 Å². The molecule has 0 bridgehead atoms. The largest absolute Gasteiger partial charge is 0.313 e. The average Bonchev–Trinajstić information content (AvgIpc) is 2.73. The predicted molar refractivity (Wildman–Crippen MR) is 69.4 cm³/mol. The Morgan fingerprint density at radius 1 is 1.18 bits per heavy atom. The van der Waals surface area contributed by atoms with Gasteiger partial charge in [-0.15, -0.1) is 0 Å². The Hall–Kier alpha value is -0.130. The summed E-state index contributed by atoms with van der Waals surface area (Å²) in [5.74, 6) is 0.718. The van der Waals surface area contributed by atoms with E-state index in [2.05, 4.69) is 17.0 Å². The summed E-state index contributed by atoms with van der Waals surface area (Å²) >= 11 is 0. The molecular weight excluding hydrogens is 236 g/mol. The van der Waals surface area contributed by atoms with Crippen LogP contribution in [0.1, 0.15) is 45.4 Å². The van der Waals surface area contributed by atoms with Crippen molar-refractivity contribution in [1.82, 2.24) is 10.0 Å². The van der Waals surface area contributed by atoms with Gasteiger partial charge in [0.2, 0.25) is 10.0 Å². The highest BCUT2D eigenvalue weighted by molar-refractivity contribution is 7.89. The molecular formula is C12H24N2O2S. The third-order valence-electron chi connectivity index (χ3n) is 4.02. The summed E-state index contributed by atoms with van der Waals surface area (Å²) in [7, 11) is -3.09. The van der Waals surface area contributed by atoms with Crippen molar-refractivity contribution in [3.05, 3.63) is 0 Å². The molecule has 2 unspecified atom stereocenters. The summed E-state index contributed by atoms with van der Waals surface area (Å²) in [6.45, 7) is 3.06. The summed E-state index contributed by atoms with van der Waals surface area (Å²) in [5.41, 5.74) is 0. The van der Waals surface area contributed by atoms with Crippen LogP contribution in [0.3, 0.4) is 0 Å². The van der Waals surface area contributed by atoms with Crippen LogP contribution in [-0.4, -0.2) is 32.8 Å². The molecule has 5 heteroatoms. The molecule has 2 N–H and O–H groups in total. The molecule has 100 valence electrons. The lowest BCUT2D eigenvalue weighted by atomic mass is 10.0. The van der Waals surface area contributed by atoms with Gasteiger partial charge in [-0.05, 0) is 45.1 Å². The van der Waals surface area contributed by atoms with Gasteiger partial charge in [0.1, 0.15) is 0 Å². The quantitative estimate of drug-likeness (QED) is 0.799. The van der Waals surface area contributed by atoms with Crippen LogP contribution < -0.4 is 10.0 Å². The van der Waals surface area contributed by atoms with Crippen molar-refractivity contribution in [1.29, 1.82) is 0 Å². The van der Waals surface area contributed by atoms with Crippen LogP contribution in [-0.2, 0) is 10.0 Å². The molecule has 2 fully saturated rings. The van der Waals surface area contributed by atoms with E-state index in [1.165, 1.54) is 12.8 Å². The Bertz CT molecular complexity index is 336. The Balaban J connectivity index is 1.87. The highest BCUT2D eigenvalue weighted by Gasteiger charge is 2.28. The Morgan fingerprint density at radius 2 is 1.88 bits per heavy atom. The fourth-order valence-corrected chi connectivity index (χ4v) is 4.80. The van der Waals surface area contributed by atoms with E-state index in [0.717, 1.165) is 32.2 Å². The summed E-state index contributed by atoms with van der Waals surface area (Å²) in [6.07, 6.45) is 6.57. The molecule has 2 atom stereocenters. The molecule has 0 amide bonds. The van der Waals surface area contributed by atoms with Crippen molar-refractivity contribution in [2.75, 3.05) is 12.3 Å². The zero-order valence-electron chi connectivity index (χ0n) is 10.6. The second-order valence-electron chi connectivity index (χ2n) is 5.54. The van der Waals surface area contributed by atoms with Gasteiger partial charge < -0.3 is 5.32 Å². The maximum absolute atomic E-state index is 12.1. The van der Waals surface area contributed by atoms with E-state index in [-0.39, 0.29) is 12.1 Å². The fourth-order valence-electron chi connectivity index (χ4n) is 2.97. The van der Waals surface area contributed by atoms with E-state index >= 15 is 0 Å². The van der Waals surface area contributed by atoms with E-state index in [1.807, 2.05) is 0 Å². The van der Waals surface area contributed by atoms with Crippen molar-refractivity contribution >= 4 is 10.0 Å². The maximum atomic E-state index is 12.1. The summed E-state index contributed by atoms with van der Waals surface area (Å²) in [6, 6.07) is 0.331. The van der Waals surface area contributed by atoms with Gasteiger partial charge >= 0.3 is 0 Å². The molecule has 17 heavy (non-hydrogen) atoms. The van der Waals surface area contributed by atoms with Gasteiger partial charge in [-0.3, -0.25) is 0 Å². The molecule has 4 nitrogen and oxygen atoms in total. The normalized spacial score (nSPS) is 31.8. The number of piperidine rings is 1. The lowest BCUT2D eigenvalue weighted by Gasteiger charge is -2.30. The minimum atomic E-state index is -3.09. The van der Waals surface area contributed by atoms with Crippen molar-refractivity contribution < 1.29 is 8.42 Å². The Kier molecular flexibility index (Phi) is 4.44. The van der Waals surface area contributed by atoms with Crippen LogP contribution in [0.2, 0.25) is 0 Å². The summed E-state index contributed by atoms with van der Waals surface area (Å²) in [5, 5.41) is 3.32. The highest BCUT2D eigenvalue weighted by atomic mass is 32.2. The van der Waals surface area contributed by atoms with Gasteiger partial charge in [-0.25, -0.2) is 13.1 Å². The van der Waals surface area contributed by atoms with E-state index in [4.69, 9.17) is 0 Å². The molecule has 2 aliphatic rings. The molecule has 0 aromatic carbocycles. The van der Waals surface area contributed by atoms with Crippen molar-refractivity contribution in [3.63, 3.8) is 0 Å². The first-order valence-electron chi connectivity index (χ1n) is 6.80. The fraction of sp³-hybridized carbons (Fsp3) is 1.00. The lowest BCUT2D eigenvalue weighted by molar-refractivity contribution is 0.348. The molecule has 1 heterocycles. The number of hydrogen-bond donors (Lipinski definition) is 2. The smallest absolute Gasteiger partial charge is 0.212 e. The second kappa shape index (κ2) is 5.67. The molecule has 0 aromatic heterocycles. The zero-order chi connectivity index (χ0) is 12.3. The monoisotopic (exact) mass is 260 g/mol.